The Bertz CT molecular complexity index is 986. The number of nitrogens with zero attached hydrogens (tertiary/aromatic N) is 2. The third kappa shape index (κ3) is 3.67. The van der Waals surface area contributed by atoms with Gasteiger partial charge in [-0.1, -0.05) is 32.0 Å². The highest BCUT2D eigenvalue weighted by molar-refractivity contribution is 5.97. The Kier molecular flexibility index (Phi) is 4.89. The number of hydrogen-bond donors (Lipinski definition) is 1. The Morgan fingerprint density at radius 2 is 1.92 bits per heavy atom. The lowest BCUT2D eigenvalue weighted by molar-refractivity contribution is -0.115. The van der Waals surface area contributed by atoms with Crippen LogP contribution in [0.3, 0.4) is 0 Å². The normalized spacial score (nSPS) is 11.1. The first kappa shape index (κ1) is 17.9. The second-order valence-corrected chi connectivity index (χ2v) is 6.87. The number of imidazole rings is 1. The van der Waals surface area contributed by atoms with Crippen LogP contribution in [-0.4, -0.2) is 21.2 Å². The molecule has 0 saturated carbocycles. The van der Waals surface area contributed by atoms with Crippen molar-refractivity contribution in [2.45, 2.75) is 33.1 Å². The standard InChI is InChI=1S/C21H23N3O2/c1-13(2)21-23-18-10-15(8-9-19(18)24(21)4)11-20(26)22-17-7-5-6-16(12-17)14(3)25/h5-10,12-13H,11H2,1-4H3,(H,22,26). The predicted molar refractivity (Wildman–Crippen MR) is 104 cm³/mol. The van der Waals surface area contributed by atoms with Crippen molar-refractivity contribution < 1.29 is 9.59 Å². The lowest BCUT2D eigenvalue weighted by Gasteiger charge is -2.07. The van der Waals surface area contributed by atoms with Gasteiger partial charge in [0.05, 0.1) is 17.5 Å². The van der Waals surface area contributed by atoms with E-state index in [0.717, 1.165) is 22.4 Å². The van der Waals surface area contributed by atoms with E-state index < -0.39 is 0 Å². The summed E-state index contributed by atoms with van der Waals surface area (Å²) < 4.78 is 2.09. The van der Waals surface area contributed by atoms with Crippen molar-refractivity contribution in [1.29, 1.82) is 0 Å². The molecule has 0 aliphatic carbocycles. The quantitative estimate of drug-likeness (QED) is 0.706. The molecule has 0 aliphatic heterocycles. The van der Waals surface area contributed by atoms with Gasteiger partial charge in [-0.2, -0.15) is 0 Å². The number of aromatic nitrogens is 2. The van der Waals surface area contributed by atoms with E-state index in [2.05, 4.69) is 28.7 Å². The Labute approximate surface area is 153 Å². The number of carbonyl (C=O) groups is 2. The second kappa shape index (κ2) is 7.12. The van der Waals surface area contributed by atoms with E-state index in [1.54, 1.807) is 24.3 Å². The predicted octanol–water partition coefficient (Wildman–Crippen LogP) is 4.08. The SMILES string of the molecule is CC(=O)c1cccc(NC(=O)Cc2ccc3c(c2)nc(C(C)C)n3C)c1. The maximum atomic E-state index is 12.4. The number of carbonyl (C=O) groups excluding carboxylic acids is 2. The summed E-state index contributed by atoms with van der Waals surface area (Å²) in [6, 6.07) is 12.9. The molecular formula is C21H23N3O2. The van der Waals surface area contributed by atoms with Gasteiger partial charge in [0.25, 0.3) is 0 Å². The van der Waals surface area contributed by atoms with E-state index in [4.69, 9.17) is 0 Å². The van der Waals surface area contributed by atoms with Crippen LogP contribution in [0.4, 0.5) is 5.69 Å². The van der Waals surface area contributed by atoms with Crippen LogP contribution in [-0.2, 0) is 18.3 Å². The second-order valence-electron chi connectivity index (χ2n) is 6.87. The first-order valence-corrected chi connectivity index (χ1v) is 8.71. The number of Topliss-reactive ketones (excluding diaryl/α,β-unsaturated/α-hetero) is 1. The van der Waals surface area contributed by atoms with Gasteiger partial charge in [-0.15, -0.1) is 0 Å². The smallest absolute Gasteiger partial charge is 0.228 e. The third-order valence-electron chi connectivity index (χ3n) is 4.41. The molecule has 0 bridgehead atoms. The van der Waals surface area contributed by atoms with Crippen LogP contribution in [0.5, 0.6) is 0 Å². The van der Waals surface area contributed by atoms with Crippen LogP contribution in [0.15, 0.2) is 42.5 Å². The number of ketones is 1. The lowest BCUT2D eigenvalue weighted by atomic mass is 10.1. The van der Waals surface area contributed by atoms with Crippen molar-refractivity contribution >= 4 is 28.4 Å². The maximum absolute atomic E-state index is 12.4. The molecule has 0 fully saturated rings. The number of hydrogen-bond acceptors (Lipinski definition) is 3. The molecule has 0 saturated heterocycles. The van der Waals surface area contributed by atoms with Crippen molar-refractivity contribution in [3.8, 4) is 0 Å². The maximum Gasteiger partial charge on any atom is 0.228 e. The van der Waals surface area contributed by atoms with Crippen molar-refractivity contribution in [1.82, 2.24) is 9.55 Å². The zero-order chi connectivity index (χ0) is 18.8. The van der Waals surface area contributed by atoms with Gasteiger partial charge in [0.15, 0.2) is 5.78 Å². The molecule has 134 valence electrons. The summed E-state index contributed by atoms with van der Waals surface area (Å²) in [6.45, 7) is 5.74. The summed E-state index contributed by atoms with van der Waals surface area (Å²) in [5, 5.41) is 2.85. The molecule has 0 radical (unpaired) electrons. The first-order chi connectivity index (χ1) is 12.3. The number of rotatable bonds is 5. The fraction of sp³-hybridized carbons (Fsp3) is 0.286. The van der Waals surface area contributed by atoms with Crippen molar-refractivity contribution in [2.75, 3.05) is 5.32 Å². The minimum Gasteiger partial charge on any atom is -0.331 e. The minimum atomic E-state index is -0.120. The van der Waals surface area contributed by atoms with E-state index in [-0.39, 0.29) is 18.1 Å². The number of amides is 1. The average Bonchev–Trinajstić information content (AvgIpc) is 2.91. The highest BCUT2D eigenvalue weighted by atomic mass is 16.1. The summed E-state index contributed by atoms with van der Waals surface area (Å²) in [5.74, 6) is 1.23. The van der Waals surface area contributed by atoms with Crippen LogP contribution in [0.1, 0.15) is 48.4 Å². The zero-order valence-corrected chi connectivity index (χ0v) is 15.5. The van der Waals surface area contributed by atoms with Crippen molar-refractivity contribution in [3.63, 3.8) is 0 Å². The third-order valence-corrected chi connectivity index (χ3v) is 4.41. The number of benzene rings is 2. The van der Waals surface area contributed by atoms with Crippen LogP contribution < -0.4 is 5.32 Å². The van der Waals surface area contributed by atoms with Crippen LogP contribution in [0.2, 0.25) is 0 Å². The van der Waals surface area contributed by atoms with E-state index in [1.807, 2.05) is 25.2 Å². The Hall–Kier alpha value is -2.95. The first-order valence-electron chi connectivity index (χ1n) is 8.71. The molecule has 3 rings (SSSR count). The van der Waals surface area contributed by atoms with Gasteiger partial charge >= 0.3 is 0 Å². The summed E-state index contributed by atoms with van der Waals surface area (Å²) in [7, 11) is 2.01. The monoisotopic (exact) mass is 349 g/mol. The molecule has 0 atom stereocenters. The average molecular weight is 349 g/mol. The molecular weight excluding hydrogens is 326 g/mol. The summed E-state index contributed by atoms with van der Waals surface area (Å²) in [6.07, 6.45) is 0.258. The largest absolute Gasteiger partial charge is 0.331 e. The number of aryl methyl sites for hydroxylation is 1. The van der Waals surface area contributed by atoms with Gasteiger partial charge in [-0.3, -0.25) is 9.59 Å². The van der Waals surface area contributed by atoms with Gasteiger partial charge in [0, 0.05) is 24.2 Å². The highest BCUT2D eigenvalue weighted by Gasteiger charge is 2.12. The molecule has 26 heavy (non-hydrogen) atoms. The van der Waals surface area contributed by atoms with Crippen LogP contribution in [0, 0.1) is 0 Å². The van der Waals surface area contributed by atoms with E-state index in [9.17, 15) is 9.59 Å². The molecule has 0 aliphatic rings. The van der Waals surface area contributed by atoms with E-state index in [1.165, 1.54) is 6.92 Å². The molecule has 1 heterocycles. The van der Waals surface area contributed by atoms with Gasteiger partial charge in [-0.25, -0.2) is 4.98 Å². The molecule has 2 aromatic carbocycles. The molecule has 1 aromatic heterocycles. The molecule has 5 nitrogen and oxygen atoms in total. The molecule has 1 N–H and O–H groups in total. The van der Waals surface area contributed by atoms with Crippen LogP contribution >= 0.6 is 0 Å². The lowest BCUT2D eigenvalue weighted by Crippen LogP contribution is -2.14. The molecule has 5 heteroatoms. The summed E-state index contributed by atoms with van der Waals surface area (Å²) >= 11 is 0. The van der Waals surface area contributed by atoms with E-state index in [0.29, 0.717) is 17.2 Å². The van der Waals surface area contributed by atoms with Gasteiger partial charge < -0.3 is 9.88 Å². The Morgan fingerprint density at radius 3 is 2.62 bits per heavy atom. The number of anilines is 1. The Balaban J connectivity index is 1.77. The van der Waals surface area contributed by atoms with Crippen LogP contribution in [0.25, 0.3) is 11.0 Å². The number of nitrogens with one attached hydrogen (secondary N) is 1. The van der Waals surface area contributed by atoms with Gasteiger partial charge in [0.1, 0.15) is 5.82 Å². The number of fused-ring (bicyclic) bond motifs is 1. The minimum absolute atomic E-state index is 0.0253. The summed E-state index contributed by atoms with van der Waals surface area (Å²) in [5.41, 5.74) is 4.08. The van der Waals surface area contributed by atoms with Gasteiger partial charge in [0.2, 0.25) is 5.91 Å². The fourth-order valence-corrected chi connectivity index (χ4v) is 3.10. The molecule has 0 spiro atoms. The molecule has 0 unspecified atom stereocenters. The van der Waals surface area contributed by atoms with E-state index >= 15 is 0 Å². The zero-order valence-electron chi connectivity index (χ0n) is 15.5. The topological polar surface area (TPSA) is 64.0 Å². The Morgan fingerprint density at radius 1 is 1.15 bits per heavy atom. The van der Waals surface area contributed by atoms with Gasteiger partial charge in [-0.05, 0) is 36.8 Å². The fourth-order valence-electron chi connectivity index (χ4n) is 3.10. The van der Waals surface area contributed by atoms with Crippen molar-refractivity contribution in [3.05, 3.63) is 59.4 Å². The highest BCUT2D eigenvalue weighted by Crippen LogP contribution is 2.22. The molecule has 3 aromatic rings. The summed E-state index contributed by atoms with van der Waals surface area (Å²) in [4.78, 5) is 28.5. The van der Waals surface area contributed by atoms with Crippen molar-refractivity contribution in [2.24, 2.45) is 7.05 Å². The molecule has 1 amide bonds.